The van der Waals surface area contributed by atoms with Gasteiger partial charge in [0, 0.05) is 12.6 Å². The summed E-state index contributed by atoms with van der Waals surface area (Å²) in [5.41, 5.74) is 1.44. The molecule has 1 fully saturated rings. The molecule has 1 unspecified atom stereocenters. The molecule has 1 aliphatic heterocycles. The van der Waals surface area contributed by atoms with Crippen LogP contribution in [0.1, 0.15) is 57.1 Å². The summed E-state index contributed by atoms with van der Waals surface area (Å²) in [5, 5.41) is 3.70. The second-order valence-electron chi connectivity index (χ2n) is 5.99. The summed E-state index contributed by atoms with van der Waals surface area (Å²) in [6.07, 6.45) is 8.18. The summed E-state index contributed by atoms with van der Waals surface area (Å²) >= 11 is 0. The zero-order chi connectivity index (χ0) is 14.0. The maximum atomic E-state index is 3.70. The molecule has 2 rings (SSSR count). The number of hydrogen-bond acceptors (Lipinski definition) is 2. The van der Waals surface area contributed by atoms with Crippen molar-refractivity contribution in [2.24, 2.45) is 0 Å². The minimum Gasteiger partial charge on any atom is -0.309 e. The molecule has 2 heteroatoms. The molecule has 0 amide bonds. The zero-order valence-electron chi connectivity index (χ0n) is 13.0. The van der Waals surface area contributed by atoms with E-state index in [0.29, 0.717) is 6.04 Å². The number of nitrogens with zero attached hydrogens (tertiary/aromatic N) is 1. The number of nitrogens with one attached hydrogen (secondary N) is 1. The standard InChI is InChI=1S/C18H30N2/c1-2-3-4-5-9-14-20-15-10-13-19-18(16-20)17-11-7-6-8-12-17/h6-8,11-12,18-19H,2-5,9-10,13-16H2,1H3. The number of rotatable bonds is 7. The van der Waals surface area contributed by atoms with Crippen LogP contribution in [0.3, 0.4) is 0 Å². The highest BCUT2D eigenvalue weighted by Gasteiger charge is 2.18. The predicted molar refractivity (Wildman–Crippen MR) is 87.0 cm³/mol. The molecule has 1 atom stereocenters. The van der Waals surface area contributed by atoms with Crippen molar-refractivity contribution in [3.8, 4) is 0 Å². The molecular formula is C18H30N2. The number of unbranched alkanes of at least 4 members (excludes halogenated alkanes) is 4. The van der Waals surface area contributed by atoms with Gasteiger partial charge in [-0.25, -0.2) is 0 Å². The molecule has 1 aromatic rings. The fourth-order valence-corrected chi connectivity index (χ4v) is 3.04. The van der Waals surface area contributed by atoms with Gasteiger partial charge in [-0.05, 0) is 38.0 Å². The Labute approximate surface area is 124 Å². The summed E-state index contributed by atoms with van der Waals surface area (Å²) in [6.45, 7) is 7.12. The Morgan fingerprint density at radius 3 is 2.70 bits per heavy atom. The third-order valence-corrected chi connectivity index (χ3v) is 4.26. The van der Waals surface area contributed by atoms with Crippen molar-refractivity contribution < 1.29 is 0 Å². The van der Waals surface area contributed by atoms with E-state index < -0.39 is 0 Å². The third kappa shape index (κ3) is 5.26. The van der Waals surface area contributed by atoms with Crippen LogP contribution in [-0.2, 0) is 0 Å². The Hall–Kier alpha value is -0.860. The topological polar surface area (TPSA) is 15.3 Å². The van der Waals surface area contributed by atoms with Gasteiger partial charge in [0.2, 0.25) is 0 Å². The van der Waals surface area contributed by atoms with E-state index in [-0.39, 0.29) is 0 Å². The van der Waals surface area contributed by atoms with E-state index in [1.165, 1.54) is 57.2 Å². The van der Waals surface area contributed by atoms with Crippen LogP contribution in [0.4, 0.5) is 0 Å². The first-order valence-corrected chi connectivity index (χ1v) is 8.41. The lowest BCUT2D eigenvalue weighted by Crippen LogP contribution is -2.32. The lowest BCUT2D eigenvalue weighted by atomic mass is 10.1. The molecule has 112 valence electrons. The minimum atomic E-state index is 0.509. The van der Waals surface area contributed by atoms with Crippen LogP contribution in [0.15, 0.2) is 30.3 Å². The maximum Gasteiger partial charge on any atom is 0.0449 e. The molecular weight excluding hydrogens is 244 g/mol. The van der Waals surface area contributed by atoms with Gasteiger partial charge >= 0.3 is 0 Å². The highest BCUT2D eigenvalue weighted by atomic mass is 15.2. The van der Waals surface area contributed by atoms with E-state index in [9.17, 15) is 0 Å². The van der Waals surface area contributed by atoms with Crippen LogP contribution in [0, 0.1) is 0 Å². The molecule has 0 aromatic heterocycles. The second kappa shape index (κ2) is 9.15. The third-order valence-electron chi connectivity index (χ3n) is 4.26. The van der Waals surface area contributed by atoms with Crippen LogP contribution < -0.4 is 5.32 Å². The first-order valence-electron chi connectivity index (χ1n) is 8.41. The summed E-state index contributed by atoms with van der Waals surface area (Å²) in [6, 6.07) is 11.4. The van der Waals surface area contributed by atoms with Gasteiger partial charge in [-0.1, -0.05) is 62.9 Å². The molecule has 2 nitrogen and oxygen atoms in total. The molecule has 1 aromatic carbocycles. The summed E-state index contributed by atoms with van der Waals surface area (Å²) in [7, 11) is 0. The van der Waals surface area contributed by atoms with Gasteiger partial charge in [0.25, 0.3) is 0 Å². The molecule has 1 saturated heterocycles. The summed E-state index contributed by atoms with van der Waals surface area (Å²) in [5.74, 6) is 0. The van der Waals surface area contributed by atoms with Crippen molar-refractivity contribution in [2.75, 3.05) is 26.2 Å². The first-order chi connectivity index (χ1) is 9.90. The lowest BCUT2D eigenvalue weighted by molar-refractivity contribution is 0.262. The average Bonchev–Trinajstić information content (AvgIpc) is 2.74. The fraction of sp³-hybridized carbons (Fsp3) is 0.667. The van der Waals surface area contributed by atoms with E-state index in [2.05, 4.69) is 47.5 Å². The molecule has 20 heavy (non-hydrogen) atoms. The quantitative estimate of drug-likeness (QED) is 0.756. The van der Waals surface area contributed by atoms with Crippen LogP contribution in [-0.4, -0.2) is 31.1 Å². The van der Waals surface area contributed by atoms with E-state index >= 15 is 0 Å². The minimum absolute atomic E-state index is 0.509. The fourth-order valence-electron chi connectivity index (χ4n) is 3.04. The second-order valence-corrected chi connectivity index (χ2v) is 5.99. The van der Waals surface area contributed by atoms with Crippen molar-refractivity contribution in [2.45, 2.75) is 51.5 Å². The molecule has 0 bridgehead atoms. The Balaban J connectivity index is 1.78. The van der Waals surface area contributed by atoms with Crippen molar-refractivity contribution in [3.05, 3.63) is 35.9 Å². The Kier molecular flexibility index (Phi) is 7.10. The largest absolute Gasteiger partial charge is 0.309 e. The molecule has 1 heterocycles. The highest BCUT2D eigenvalue weighted by molar-refractivity contribution is 5.19. The predicted octanol–water partition coefficient (Wildman–Crippen LogP) is 3.99. The Morgan fingerprint density at radius 1 is 1.10 bits per heavy atom. The van der Waals surface area contributed by atoms with E-state index in [1.807, 2.05) is 0 Å². The van der Waals surface area contributed by atoms with Gasteiger partial charge < -0.3 is 10.2 Å². The molecule has 0 saturated carbocycles. The molecule has 0 spiro atoms. The van der Waals surface area contributed by atoms with Crippen LogP contribution >= 0.6 is 0 Å². The number of hydrogen-bond donors (Lipinski definition) is 1. The maximum absolute atomic E-state index is 3.70. The average molecular weight is 274 g/mol. The molecule has 1 N–H and O–H groups in total. The first kappa shape index (κ1) is 15.5. The molecule has 0 radical (unpaired) electrons. The van der Waals surface area contributed by atoms with Crippen LogP contribution in [0.25, 0.3) is 0 Å². The monoisotopic (exact) mass is 274 g/mol. The van der Waals surface area contributed by atoms with Crippen molar-refractivity contribution in [3.63, 3.8) is 0 Å². The Morgan fingerprint density at radius 2 is 1.90 bits per heavy atom. The van der Waals surface area contributed by atoms with Crippen molar-refractivity contribution >= 4 is 0 Å². The molecule has 0 aliphatic carbocycles. The highest BCUT2D eigenvalue weighted by Crippen LogP contribution is 2.17. The SMILES string of the molecule is CCCCCCCN1CCCNC(c2ccccc2)C1. The summed E-state index contributed by atoms with van der Waals surface area (Å²) < 4.78 is 0. The van der Waals surface area contributed by atoms with Gasteiger partial charge in [-0.2, -0.15) is 0 Å². The van der Waals surface area contributed by atoms with Gasteiger partial charge in [0.1, 0.15) is 0 Å². The summed E-state index contributed by atoms with van der Waals surface area (Å²) in [4.78, 5) is 2.66. The van der Waals surface area contributed by atoms with Crippen LogP contribution in [0.2, 0.25) is 0 Å². The smallest absolute Gasteiger partial charge is 0.0449 e. The van der Waals surface area contributed by atoms with E-state index in [1.54, 1.807) is 0 Å². The van der Waals surface area contributed by atoms with Crippen LogP contribution in [0.5, 0.6) is 0 Å². The normalized spacial score (nSPS) is 20.8. The zero-order valence-corrected chi connectivity index (χ0v) is 13.0. The Bertz CT molecular complexity index is 350. The van der Waals surface area contributed by atoms with Gasteiger partial charge in [-0.15, -0.1) is 0 Å². The van der Waals surface area contributed by atoms with Crippen molar-refractivity contribution in [1.82, 2.24) is 10.2 Å². The van der Waals surface area contributed by atoms with Gasteiger partial charge in [-0.3, -0.25) is 0 Å². The van der Waals surface area contributed by atoms with E-state index in [4.69, 9.17) is 0 Å². The van der Waals surface area contributed by atoms with Crippen molar-refractivity contribution in [1.29, 1.82) is 0 Å². The lowest BCUT2D eigenvalue weighted by Gasteiger charge is -2.24. The van der Waals surface area contributed by atoms with Gasteiger partial charge in [0.05, 0.1) is 0 Å². The number of benzene rings is 1. The van der Waals surface area contributed by atoms with E-state index in [0.717, 1.165) is 13.1 Å². The molecule has 1 aliphatic rings. The van der Waals surface area contributed by atoms with Gasteiger partial charge in [0.15, 0.2) is 0 Å².